The van der Waals surface area contributed by atoms with Crippen LogP contribution in [-0.2, 0) is 0 Å². The van der Waals surface area contributed by atoms with Gasteiger partial charge in [0, 0.05) is 7.05 Å². The molecular weight excluding hydrogens is 204 g/mol. The summed E-state index contributed by atoms with van der Waals surface area (Å²) in [6.45, 7) is 0. The Morgan fingerprint density at radius 2 is 2.00 bits per heavy atom. The van der Waals surface area contributed by atoms with Gasteiger partial charge >= 0.3 is 0 Å². The van der Waals surface area contributed by atoms with E-state index in [1.54, 1.807) is 11.3 Å². The monoisotopic (exact) mass is 214 g/mol. The number of rotatable bonds is 2. The molecule has 0 radical (unpaired) electrons. The van der Waals surface area contributed by atoms with Crippen molar-refractivity contribution in [2.45, 2.75) is 0 Å². The van der Waals surface area contributed by atoms with Crippen molar-refractivity contribution >= 4 is 22.0 Å². The highest BCUT2D eigenvalue weighted by Gasteiger charge is 2.08. The first-order valence-corrected chi connectivity index (χ1v) is 5.47. The van der Waals surface area contributed by atoms with Crippen molar-refractivity contribution in [3.8, 4) is 6.07 Å². The van der Waals surface area contributed by atoms with E-state index in [1.165, 1.54) is 0 Å². The Bertz CT molecular complexity index is 483. The quantitative estimate of drug-likeness (QED) is 0.766. The van der Waals surface area contributed by atoms with Crippen LogP contribution in [0.3, 0.4) is 0 Å². The van der Waals surface area contributed by atoms with Gasteiger partial charge in [0.25, 0.3) is 0 Å². The van der Waals surface area contributed by atoms with Gasteiger partial charge in [-0.1, -0.05) is 12.1 Å². The van der Waals surface area contributed by atoms with E-state index in [0.717, 1.165) is 10.7 Å². The van der Waals surface area contributed by atoms with Crippen molar-refractivity contribution in [1.82, 2.24) is 0 Å². The topological polar surface area (TPSA) is 27.0 Å². The molecule has 0 aliphatic heterocycles. The second-order valence-corrected chi connectivity index (χ2v) is 4.07. The van der Waals surface area contributed by atoms with Crippen LogP contribution in [0.15, 0.2) is 41.8 Å². The van der Waals surface area contributed by atoms with Crippen molar-refractivity contribution in [3.05, 3.63) is 47.3 Å². The number of thiophene rings is 1. The van der Waals surface area contributed by atoms with Crippen LogP contribution in [0, 0.1) is 11.3 Å². The molecule has 0 atom stereocenters. The normalized spacial score (nSPS) is 9.60. The zero-order valence-electron chi connectivity index (χ0n) is 8.34. The molecule has 2 rings (SSSR count). The molecule has 0 amide bonds. The fourth-order valence-electron chi connectivity index (χ4n) is 1.44. The lowest BCUT2D eigenvalue weighted by Crippen LogP contribution is -2.09. The van der Waals surface area contributed by atoms with Crippen molar-refractivity contribution in [3.63, 3.8) is 0 Å². The van der Waals surface area contributed by atoms with E-state index >= 15 is 0 Å². The van der Waals surface area contributed by atoms with Gasteiger partial charge in [0.2, 0.25) is 0 Å². The number of benzene rings is 1. The summed E-state index contributed by atoms with van der Waals surface area (Å²) in [6, 6.07) is 13.9. The van der Waals surface area contributed by atoms with E-state index in [4.69, 9.17) is 5.26 Å². The van der Waals surface area contributed by atoms with Crippen molar-refractivity contribution in [1.29, 1.82) is 5.26 Å². The zero-order valence-corrected chi connectivity index (χ0v) is 9.16. The van der Waals surface area contributed by atoms with E-state index in [0.29, 0.717) is 5.56 Å². The highest BCUT2D eigenvalue weighted by molar-refractivity contribution is 7.14. The van der Waals surface area contributed by atoms with Gasteiger partial charge in [0.05, 0.1) is 16.3 Å². The number of hydrogen-bond acceptors (Lipinski definition) is 3. The van der Waals surface area contributed by atoms with Crippen LogP contribution < -0.4 is 4.90 Å². The third kappa shape index (κ3) is 1.85. The molecule has 0 unspecified atom stereocenters. The smallest absolute Gasteiger partial charge is 0.101 e. The van der Waals surface area contributed by atoms with Gasteiger partial charge in [-0.15, -0.1) is 11.3 Å². The van der Waals surface area contributed by atoms with E-state index in [9.17, 15) is 0 Å². The second kappa shape index (κ2) is 4.16. The Morgan fingerprint density at radius 1 is 1.20 bits per heavy atom. The lowest BCUT2D eigenvalue weighted by Gasteiger charge is -2.18. The number of para-hydroxylation sites is 1. The summed E-state index contributed by atoms with van der Waals surface area (Å²) in [6.07, 6.45) is 0. The highest BCUT2D eigenvalue weighted by Crippen LogP contribution is 2.29. The van der Waals surface area contributed by atoms with E-state index in [-0.39, 0.29) is 0 Å². The molecule has 0 fully saturated rings. The highest BCUT2D eigenvalue weighted by atomic mass is 32.1. The fraction of sp³-hybridized carbons (Fsp3) is 0.0833. The van der Waals surface area contributed by atoms with Gasteiger partial charge in [0.1, 0.15) is 6.07 Å². The molecular formula is C12H10N2S. The van der Waals surface area contributed by atoms with Crippen molar-refractivity contribution in [2.75, 3.05) is 11.9 Å². The molecule has 3 heteroatoms. The molecule has 74 valence electrons. The summed E-state index contributed by atoms with van der Waals surface area (Å²) < 4.78 is 0. The molecule has 0 bridgehead atoms. The predicted octanol–water partition coefficient (Wildman–Crippen LogP) is 3.39. The molecule has 0 aliphatic carbocycles. The Morgan fingerprint density at radius 3 is 2.67 bits per heavy atom. The first-order valence-electron chi connectivity index (χ1n) is 4.59. The van der Waals surface area contributed by atoms with E-state index in [2.05, 4.69) is 6.07 Å². The third-order valence-electron chi connectivity index (χ3n) is 2.22. The molecule has 0 saturated heterocycles. The van der Waals surface area contributed by atoms with Gasteiger partial charge in [0.15, 0.2) is 0 Å². The maximum Gasteiger partial charge on any atom is 0.101 e. The number of nitriles is 1. The van der Waals surface area contributed by atoms with Gasteiger partial charge in [-0.05, 0) is 29.6 Å². The Balaban J connectivity index is 2.42. The summed E-state index contributed by atoms with van der Waals surface area (Å²) in [5.74, 6) is 0. The van der Waals surface area contributed by atoms with Crippen molar-refractivity contribution < 1.29 is 0 Å². The van der Waals surface area contributed by atoms with Crippen LogP contribution in [0.5, 0.6) is 0 Å². The van der Waals surface area contributed by atoms with Crippen LogP contribution >= 0.6 is 11.3 Å². The summed E-state index contributed by atoms with van der Waals surface area (Å²) in [5, 5.41) is 12.2. The second-order valence-electron chi connectivity index (χ2n) is 3.14. The molecule has 2 aromatic rings. The Labute approximate surface area is 93.0 Å². The molecule has 0 aliphatic rings. The first kappa shape index (κ1) is 9.75. The average Bonchev–Trinajstić information content (AvgIpc) is 2.81. The average molecular weight is 214 g/mol. The third-order valence-corrected chi connectivity index (χ3v) is 3.17. The predicted molar refractivity (Wildman–Crippen MR) is 63.5 cm³/mol. The van der Waals surface area contributed by atoms with Crippen LogP contribution in [0.1, 0.15) is 5.56 Å². The lowest BCUT2D eigenvalue weighted by molar-refractivity contribution is 1.23. The van der Waals surface area contributed by atoms with Crippen LogP contribution in [0.4, 0.5) is 10.7 Å². The van der Waals surface area contributed by atoms with Gasteiger partial charge in [-0.25, -0.2) is 0 Å². The maximum absolute atomic E-state index is 8.99. The van der Waals surface area contributed by atoms with Crippen LogP contribution in [0.2, 0.25) is 0 Å². The molecule has 0 spiro atoms. The van der Waals surface area contributed by atoms with E-state index < -0.39 is 0 Å². The summed E-state index contributed by atoms with van der Waals surface area (Å²) in [4.78, 5) is 2.03. The molecule has 15 heavy (non-hydrogen) atoms. The standard InChI is InChI=1S/C12H10N2S/c1-14(12-7-4-8-15-12)11-6-3-2-5-10(11)9-13/h2-8H,1H3. The minimum Gasteiger partial charge on any atom is -0.335 e. The SMILES string of the molecule is CN(c1cccs1)c1ccccc1C#N. The molecule has 2 nitrogen and oxygen atoms in total. The van der Waals surface area contributed by atoms with Gasteiger partial charge < -0.3 is 4.90 Å². The Kier molecular flexibility index (Phi) is 2.70. The van der Waals surface area contributed by atoms with Gasteiger partial charge in [-0.2, -0.15) is 5.26 Å². The lowest BCUT2D eigenvalue weighted by atomic mass is 10.2. The summed E-state index contributed by atoms with van der Waals surface area (Å²) in [7, 11) is 1.97. The van der Waals surface area contributed by atoms with Crippen LogP contribution in [0.25, 0.3) is 0 Å². The summed E-state index contributed by atoms with van der Waals surface area (Å²) in [5.41, 5.74) is 1.65. The minimum atomic E-state index is 0.702. The minimum absolute atomic E-state index is 0.702. The van der Waals surface area contributed by atoms with Gasteiger partial charge in [-0.3, -0.25) is 0 Å². The first-order chi connectivity index (χ1) is 7.33. The Hall–Kier alpha value is -1.79. The molecule has 1 aromatic carbocycles. The van der Waals surface area contributed by atoms with E-state index in [1.807, 2.05) is 53.7 Å². The maximum atomic E-state index is 8.99. The largest absolute Gasteiger partial charge is 0.335 e. The number of hydrogen-bond donors (Lipinski definition) is 0. The molecule has 1 aromatic heterocycles. The van der Waals surface area contributed by atoms with Crippen molar-refractivity contribution in [2.24, 2.45) is 0 Å². The number of anilines is 2. The number of nitrogens with zero attached hydrogens (tertiary/aromatic N) is 2. The summed E-state index contributed by atoms with van der Waals surface area (Å²) >= 11 is 1.66. The molecule has 0 N–H and O–H groups in total. The van der Waals surface area contributed by atoms with Crippen LogP contribution in [-0.4, -0.2) is 7.05 Å². The zero-order chi connectivity index (χ0) is 10.7. The molecule has 0 saturated carbocycles. The fourth-order valence-corrected chi connectivity index (χ4v) is 2.15. The molecule has 1 heterocycles.